The van der Waals surface area contributed by atoms with Gasteiger partial charge < -0.3 is 0 Å². The van der Waals surface area contributed by atoms with Gasteiger partial charge >= 0.3 is 0 Å². The second kappa shape index (κ2) is 5.88. The van der Waals surface area contributed by atoms with Gasteiger partial charge in [-0.2, -0.15) is 0 Å². The number of fused-ring (bicyclic) bond motifs is 1. The Kier molecular flexibility index (Phi) is 4.21. The van der Waals surface area contributed by atoms with Crippen LogP contribution in [0.25, 0.3) is 11.2 Å². The minimum Gasteiger partial charge on any atom is -0.297 e. The number of unbranched alkanes of at least 4 members (excludes halogenated alkanes) is 1. The third-order valence-corrected chi connectivity index (χ3v) is 3.33. The van der Waals surface area contributed by atoms with Crippen molar-refractivity contribution in [3.05, 3.63) is 40.2 Å². The molecule has 0 fully saturated rings. The van der Waals surface area contributed by atoms with Crippen molar-refractivity contribution in [3.8, 4) is 0 Å². The van der Waals surface area contributed by atoms with E-state index in [0.29, 0.717) is 29.0 Å². The molecule has 2 aromatic heterocycles. The van der Waals surface area contributed by atoms with Gasteiger partial charge in [0.2, 0.25) is 0 Å². The van der Waals surface area contributed by atoms with Crippen LogP contribution in [0.2, 0.25) is 0 Å². The van der Waals surface area contributed by atoms with Gasteiger partial charge in [0, 0.05) is 25.5 Å². The normalized spacial score (nSPS) is 10.8. The molecule has 0 spiro atoms. The number of allylic oxidation sites excluding steroid dienone is 1. The molecule has 6 heteroatoms. The summed E-state index contributed by atoms with van der Waals surface area (Å²) >= 11 is 5.40. The first-order valence-electron chi connectivity index (χ1n) is 6.26. The fourth-order valence-corrected chi connectivity index (χ4v) is 2.27. The molecule has 0 N–H and O–H groups in total. The van der Waals surface area contributed by atoms with Gasteiger partial charge in [0.25, 0.3) is 5.56 Å². The highest BCUT2D eigenvalue weighted by Gasteiger charge is 2.11. The molecule has 2 rings (SSSR count). The zero-order chi connectivity index (χ0) is 13.8. The molecule has 0 amide bonds. The first-order valence-corrected chi connectivity index (χ1v) is 6.66. The monoisotopic (exact) mass is 276 g/mol. The van der Waals surface area contributed by atoms with Gasteiger partial charge in [0.05, 0.1) is 0 Å². The first-order chi connectivity index (χ1) is 9.20. The van der Waals surface area contributed by atoms with Crippen molar-refractivity contribution < 1.29 is 0 Å². The molecule has 5 nitrogen and oxygen atoms in total. The summed E-state index contributed by atoms with van der Waals surface area (Å²) in [7, 11) is 0. The third kappa shape index (κ3) is 2.49. The smallest absolute Gasteiger partial charge is 0.282 e. The standard InChI is InChI=1S/C13H16N4OS/c1-3-5-9-17-12(18)10-11(15-7-6-14-10)16(8-4-2)13(17)19/h4,6-7H,2-3,5,8-9H2,1H3. The zero-order valence-electron chi connectivity index (χ0n) is 10.9. The lowest BCUT2D eigenvalue weighted by molar-refractivity contribution is 0.574. The second-order valence-electron chi connectivity index (χ2n) is 4.22. The number of nitrogens with zero attached hydrogens (tertiary/aromatic N) is 4. The van der Waals surface area contributed by atoms with E-state index in [2.05, 4.69) is 23.5 Å². The molecule has 2 aromatic rings. The third-order valence-electron chi connectivity index (χ3n) is 2.89. The minimum atomic E-state index is -0.165. The number of rotatable bonds is 5. The predicted octanol–water partition coefficient (Wildman–Crippen LogP) is 2.31. The molecule has 0 aliphatic heterocycles. The molecule has 19 heavy (non-hydrogen) atoms. The van der Waals surface area contributed by atoms with Crippen LogP contribution in [0, 0.1) is 4.77 Å². The lowest BCUT2D eigenvalue weighted by Gasteiger charge is -2.12. The molecule has 0 atom stereocenters. The average molecular weight is 276 g/mol. The van der Waals surface area contributed by atoms with Crippen molar-refractivity contribution in [2.75, 3.05) is 0 Å². The van der Waals surface area contributed by atoms with E-state index in [0.717, 1.165) is 12.8 Å². The van der Waals surface area contributed by atoms with Gasteiger partial charge in [-0.25, -0.2) is 9.97 Å². The molecule has 0 saturated heterocycles. The van der Waals surface area contributed by atoms with Crippen LogP contribution >= 0.6 is 12.2 Å². The summed E-state index contributed by atoms with van der Waals surface area (Å²) in [5, 5.41) is 0. The van der Waals surface area contributed by atoms with Gasteiger partial charge in [0.15, 0.2) is 15.9 Å². The van der Waals surface area contributed by atoms with Crippen LogP contribution < -0.4 is 5.56 Å². The molecule has 0 aromatic carbocycles. The molecule has 2 heterocycles. The summed E-state index contributed by atoms with van der Waals surface area (Å²) in [5.74, 6) is 0. The molecular formula is C13H16N4OS. The van der Waals surface area contributed by atoms with Crippen LogP contribution in [0.5, 0.6) is 0 Å². The summed E-state index contributed by atoms with van der Waals surface area (Å²) in [4.78, 5) is 20.7. The van der Waals surface area contributed by atoms with E-state index < -0.39 is 0 Å². The Morgan fingerprint density at radius 2 is 2.11 bits per heavy atom. The van der Waals surface area contributed by atoms with Gasteiger partial charge in [-0.05, 0) is 18.6 Å². The summed E-state index contributed by atoms with van der Waals surface area (Å²) < 4.78 is 3.87. The maximum atomic E-state index is 12.4. The van der Waals surface area contributed by atoms with Crippen LogP contribution in [-0.2, 0) is 13.1 Å². The molecule has 100 valence electrons. The van der Waals surface area contributed by atoms with E-state index in [1.54, 1.807) is 21.4 Å². The summed E-state index contributed by atoms with van der Waals surface area (Å²) in [6.07, 6.45) is 6.73. The zero-order valence-corrected chi connectivity index (χ0v) is 11.7. The maximum Gasteiger partial charge on any atom is 0.282 e. The van der Waals surface area contributed by atoms with E-state index in [4.69, 9.17) is 12.2 Å². The number of hydrogen-bond acceptors (Lipinski definition) is 4. The highest BCUT2D eigenvalue weighted by atomic mass is 32.1. The molecule has 0 bridgehead atoms. The Hall–Kier alpha value is -1.82. The van der Waals surface area contributed by atoms with Crippen molar-refractivity contribution in [3.63, 3.8) is 0 Å². The first kappa shape index (κ1) is 13.6. The minimum absolute atomic E-state index is 0.165. The van der Waals surface area contributed by atoms with Crippen molar-refractivity contribution >= 4 is 23.4 Å². The molecule has 0 unspecified atom stereocenters. The van der Waals surface area contributed by atoms with Gasteiger partial charge in [-0.1, -0.05) is 19.4 Å². The lowest BCUT2D eigenvalue weighted by Crippen LogP contribution is -2.26. The average Bonchev–Trinajstić information content (AvgIpc) is 2.43. The Morgan fingerprint density at radius 3 is 2.79 bits per heavy atom. The quantitative estimate of drug-likeness (QED) is 0.621. The fraction of sp³-hybridized carbons (Fsp3) is 0.385. The molecule has 0 saturated carbocycles. The van der Waals surface area contributed by atoms with E-state index in [9.17, 15) is 4.79 Å². The van der Waals surface area contributed by atoms with Crippen LogP contribution in [0.4, 0.5) is 0 Å². The van der Waals surface area contributed by atoms with E-state index >= 15 is 0 Å². The van der Waals surface area contributed by atoms with E-state index in [-0.39, 0.29) is 5.56 Å². The largest absolute Gasteiger partial charge is 0.297 e. The molecular weight excluding hydrogens is 260 g/mol. The highest BCUT2D eigenvalue weighted by molar-refractivity contribution is 7.71. The maximum absolute atomic E-state index is 12.4. The van der Waals surface area contributed by atoms with Crippen LogP contribution in [0.15, 0.2) is 29.8 Å². The summed E-state index contributed by atoms with van der Waals surface area (Å²) in [6, 6.07) is 0. The van der Waals surface area contributed by atoms with Crippen molar-refractivity contribution in [1.82, 2.24) is 19.1 Å². The van der Waals surface area contributed by atoms with Crippen LogP contribution in [0.3, 0.4) is 0 Å². The van der Waals surface area contributed by atoms with Gasteiger partial charge in [0.1, 0.15) is 0 Å². The van der Waals surface area contributed by atoms with Crippen molar-refractivity contribution in [2.24, 2.45) is 0 Å². The Morgan fingerprint density at radius 1 is 1.37 bits per heavy atom. The van der Waals surface area contributed by atoms with Crippen LogP contribution in [-0.4, -0.2) is 19.1 Å². The molecule has 0 aliphatic rings. The lowest BCUT2D eigenvalue weighted by atomic mass is 10.3. The Bertz CT molecular complexity index is 717. The molecule has 0 aliphatic carbocycles. The topological polar surface area (TPSA) is 52.7 Å². The summed E-state index contributed by atoms with van der Waals surface area (Å²) in [5.41, 5.74) is 0.709. The molecule has 0 radical (unpaired) electrons. The van der Waals surface area contributed by atoms with Crippen molar-refractivity contribution in [2.45, 2.75) is 32.9 Å². The Balaban J connectivity index is 2.79. The number of hydrogen-bond donors (Lipinski definition) is 0. The number of aromatic nitrogens is 4. The predicted molar refractivity (Wildman–Crippen MR) is 77.7 cm³/mol. The van der Waals surface area contributed by atoms with E-state index in [1.807, 2.05) is 0 Å². The van der Waals surface area contributed by atoms with Gasteiger partial charge in [-0.3, -0.25) is 13.9 Å². The highest BCUT2D eigenvalue weighted by Crippen LogP contribution is 2.07. The Labute approximate surface area is 116 Å². The van der Waals surface area contributed by atoms with Crippen molar-refractivity contribution in [1.29, 1.82) is 0 Å². The van der Waals surface area contributed by atoms with Gasteiger partial charge in [-0.15, -0.1) is 6.58 Å². The SMILES string of the molecule is C=CCn1c(=S)n(CCCC)c(=O)c2nccnc21. The fourth-order valence-electron chi connectivity index (χ4n) is 1.94. The summed E-state index contributed by atoms with van der Waals surface area (Å²) in [6.45, 7) is 6.91. The second-order valence-corrected chi connectivity index (χ2v) is 4.59. The van der Waals surface area contributed by atoms with E-state index in [1.165, 1.54) is 6.20 Å². The van der Waals surface area contributed by atoms with Crippen LogP contribution in [0.1, 0.15) is 19.8 Å².